The molecule has 0 atom stereocenters. The van der Waals surface area contributed by atoms with Gasteiger partial charge in [0.15, 0.2) is 5.11 Å². The molecule has 0 radical (unpaired) electrons. The van der Waals surface area contributed by atoms with Crippen LogP contribution in [0.5, 0.6) is 11.5 Å². The highest BCUT2D eigenvalue weighted by Crippen LogP contribution is 2.29. The van der Waals surface area contributed by atoms with Gasteiger partial charge in [0.2, 0.25) is 0 Å². The highest BCUT2D eigenvalue weighted by atomic mass is 32.1. The number of para-hydroxylation sites is 1. The molecule has 110 valence electrons. The summed E-state index contributed by atoms with van der Waals surface area (Å²) in [4.78, 5) is 0. The molecule has 0 heterocycles. The predicted molar refractivity (Wildman–Crippen MR) is 90.6 cm³/mol. The maximum absolute atomic E-state index is 5.35. The van der Waals surface area contributed by atoms with Gasteiger partial charge in [0, 0.05) is 11.8 Å². The van der Waals surface area contributed by atoms with Gasteiger partial charge in [0.25, 0.3) is 0 Å². The van der Waals surface area contributed by atoms with Crippen molar-refractivity contribution in [2.75, 3.05) is 24.9 Å². The fourth-order valence-corrected chi connectivity index (χ4v) is 2.12. The number of benzene rings is 2. The molecule has 0 aliphatic heterocycles. The normalized spacial score (nSPS) is 9.86. The summed E-state index contributed by atoms with van der Waals surface area (Å²) in [5.74, 6) is 1.43. The Kier molecular flexibility index (Phi) is 5.00. The third-order valence-electron chi connectivity index (χ3n) is 3.05. The molecule has 0 spiro atoms. The van der Waals surface area contributed by atoms with Gasteiger partial charge in [-0.25, -0.2) is 0 Å². The highest BCUT2D eigenvalue weighted by molar-refractivity contribution is 7.80. The summed E-state index contributed by atoms with van der Waals surface area (Å²) >= 11 is 5.35. The van der Waals surface area contributed by atoms with Gasteiger partial charge in [0.1, 0.15) is 11.5 Å². The number of hydrogen-bond donors (Lipinski definition) is 2. The average molecular weight is 302 g/mol. The maximum Gasteiger partial charge on any atom is 0.175 e. The van der Waals surface area contributed by atoms with E-state index >= 15 is 0 Å². The van der Waals surface area contributed by atoms with Crippen molar-refractivity contribution in [3.05, 3.63) is 48.0 Å². The minimum atomic E-state index is 0.496. The van der Waals surface area contributed by atoms with Crippen molar-refractivity contribution in [1.82, 2.24) is 0 Å². The van der Waals surface area contributed by atoms with Crippen LogP contribution in [0.4, 0.5) is 11.4 Å². The zero-order chi connectivity index (χ0) is 15.2. The van der Waals surface area contributed by atoms with Crippen LogP contribution < -0.4 is 20.1 Å². The van der Waals surface area contributed by atoms with E-state index in [9.17, 15) is 0 Å². The van der Waals surface area contributed by atoms with Gasteiger partial charge in [-0.1, -0.05) is 18.2 Å². The molecule has 2 N–H and O–H groups in total. The number of ether oxygens (including phenoxy) is 2. The van der Waals surface area contributed by atoms with Crippen molar-refractivity contribution in [3.8, 4) is 11.5 Å². The van der Waals surface area contributed by atoms with E-state index in [1.165, 1.54) is 0 Å². The van der Waals surface area contributed by atoms with Crippen LogP contribution in [0.1, 0.15) is 5.56 Å². The minimum Gasteiger partial charge on any atom is -0.497 e. The molecule has 0 aromatic heterocycles. The third kappa shape index (κ3) is 3.86. The van der Waals surface area contributed by atoms with E-state index in [2.05, 4.69) is 10.6 Å². The fraction of sp³-hybridized carbons (Fsp3) is 0.188. The first kappa shape index (κ1) is 15.1. The Morgan fingerprint density at radius 3 is 2.33 bits per heavy atom. The second-order valence-corrected chi connectivity index (χ2v) is 4.87. The first-order valence-corrected chi connectivity index (χ1v) is 6.90. The van der Waals surface area contributed by atoms with Crippen molar-refractivity contribution in [2.45, 2.75) is 6.92 Å². The molecule has 2 aromatic rings. The standard InChI is InChI=1S/C16H18N2O2S/c1-11-6-4-5-7-13(11)17-16(21)18-14-10-12(19-2)8-9-15(14)20-3/h4-10H,1-3H3,(H2,17,18,21). The van der Waals surface area contributed by atoms with Gasteiger partial charge >= 0.3 is 0 Å². The molecule has 0 bridgehead atoms. The number of hydrogen-bond acceptors (Lipinski definition) is 3. The van der Waals surface area contributed by atoms with Gasteiger partial charge in [-0.15, -0.1) is 0 Å². The van der Waals surface area contributed by atoms with E-state index in [4.69, 9.17) is 21.7 Å². The molecule has 0 saturated heterocycles. The van der Waals surface area contributed by atoms with Gasteiger partial charge in [-0.3, -0.25) is 0 Å². The Balaban J connectivity index is 2.14. The van der Waals surface area contributed by atoms with Gasteiger partial charge in [-0.2, -0.15) is 0 Å². The Hall–Kier alpha value is -2.27. The van der Waals surface area contributed by atoms with E-state index in [1.54, 1.807) is 14.2 Å². The molecular formula is C16H18N2O2S. The lowest BCUT2D eigenvalue weighted by atomic mass is 10.2. The van der Waals surface area contributed by atoms with Crippen LogP contribution in [0, 0.1) is 6.92 Å². The maximum atomic E-state index is 5.35. The van der Waals surface area contributed by atoms with Crippen molar-refractivity contribution in [1.29, 1.82) is 0 Å². The Morgan fingerprint density at radius 2 is 1.67 bits per heavy atom. The van der Waals surface area contributed by atoms with E-state index in [0.717, 1.165) is 22.7 Å². The monoisotopic (exact) mass is 302 g/mol. The number of anilines is 2. The zero-order valence-electron chi connectivity index (χ0n) is 12.3. The van der Waals surface area contributed by atoms with E-state index in [-0.39, 0.29) is 0 Å². The lowest BCUT2D eigenvalue weighted by Gasteiger charge is -2.15. The lowest BCUT2D eigenvalue weighted by molar-refractivity contribution is 0.405. The quantitative estimate of drug-likeness (QED) is 0.840. The van der Waals surface area contributed by atoms with Crippen LogP contribution in [0.2, 0.25) is 0 Å². The fourth-order valence-electron chi connectivity index (χ4n) is 1.90. The molecule has 0 amide bonds. The smallest absolute Gasteiger partial charge is 0.175 e. The highest BCUT2D eigenvalue weighted by Gasteiger charge is 2.07. The van der Waals surface area contributed by atoms with Crippen LogP contribution in [0.15, 0.2) is 42.5 Å². The summed E-state index contributed by atoms with van der Waals surface area (Å²) in [6.45, 7) is 2.02. The number of rotatable bonds is 4. The molecule has 2 rings (SSSR count). The SMILES string of the molecule is COc1ccc(OC)c(NC(=S)Nc2ccccc2C)c1. The number of nitrogens with one attached hydrogen (secondary N) is 2. The van der Waals surface area contributed by atoms with Crippen LogP contribution in [-0.4, -0.2) is 19.3 Å². The molecule has 21 heavy (non-hydrogen) atoms. The summed E-state index contributed by atoms with van der Waals surface area (Å²) in [6, 6.07) is 13.5. The molecule has 2 aromatic carbocycles. The second-order valence-electron chi connectivity index (χ2n) is 4.46. The third-order valence-corrected chi connectivity index (χ3v) is 3.25. The first-order valence-electron chi connectivity index (χ1n) is 6.49. The summed E-state index contributed by atoms with van der Waals surface area (Å²) in [5, 5.41) is 6.79. The molecule has 0 fully saturated rings. The van der Waals surface area contributed by atoms with Gasteiger partial charge < -0.3 is 20.1 Å². The predicted octanol–water partition coefficient (Wildman–Crippen LogP) is 3.82. The van der Waals surface area contributed by atoms with Crippen LogP contribution in [0.25, 0.3) is 0 Å². The molecule has 0 saturated carbocycles. The summed E-state index contributed by atoms with van der Waals surface area (Å²) in [5.41, 5.74) is 2.85. The number of methoxy groups -OCH3 is 2. The van der Waals surface area contributed by atoms with Gasteiger partial charge in [-0.05, 0) is 42.9 Å². The molecule has 5 heteroatoms. The lowest BCUT2D eigenvalue weighted by Crippen LogP contribution is -2.20. The summed E-state index contributed by atoms with van der Waals surface area (Å²) in [6.07, 6.45) is 0. The first-order chi connectivity index (χ1) is 10.1. The number of aryl methyl sites for hydroxylation is 1. The average Bonchev–Trinajstić information content (AvgIpc) is 2.49. The van der Waals surface area contributed by atoms with Crippen molar-refractivity contribution in [3.63, 3.8) is 0 Å². The summed E-state index contributed by atoms with van der Waals surface area (Å²) in [7, 11) is 3.24. The van der Waals surface area contributed by atoms with Crippen LogP contribution in [-0.2, 0) is 0 Å². The summed E-state index contributed by atoms with van der Waals surface area (Å²) < 4.78 is 10.5. The van der Waals surface area contributed by atoms with Crippen molar-refractivity contribution >= 4 is 28.7 Å². The molecule has 0 aliphatic rings. The van der Waals surface area contributed by atoms with Crippen molar-refractivity contribution < 1.29 is 9.47 Å². The molecule has 0 aliphatic carbocycles. The molecular weight excluding hydrogens is 284 g/mol. The Morgan fingerprint density at radius 1 is 0.952 bits per heavy atom. The molecule has 0 unspecified atom stereocenters. The molecule has 4 nitrogen and oxygen atoms in total. The van der Waals surface area contributed by atoms with Crippen LogP contribution in [0.3, 0.4) is 0 Å². The van der Waals surface area contributed by atoms with E-state index in [1.807, 2.05) is 49.4 Å². The minimum absolute atomic E-state index is 0.496. The largest absolute Gasteiger partial charge is 0.497 e. The Labute approximate surface area is 130 Å². The topological polar surface area (TPSA) is 42.5 Å². The van der Waals surface area contributed by atoms with Crippen molar-refractivity contribution in [2.24, 2.45) is 0 Å². The van der Waals surface area contributed by atoms with Crippen LogP contribution >= 0.6 is 12.2 Å². The zero-order valence-corrected chi connectivity index (χ0v) is 13.1. The Bertz CT molecular complexity index is 644. The second kappa shape index (κ2) is 6.95. The van der Waals surface area contributed by atoms with Gasteiger partial charge in [0.05, 0.1) is 19.9 Å². The van der Waals surface area contributed by atoms with E-state index in [0.29, 0.717) is 10.9 Å². The van der Waals surface area contributed by atoms with E-state index < -0.39 is 0 Å². The number of thiocarbonyl (C=S) groups is 1.